The van der Waals surface area contributed by atoms with E-state index in [2.05, 4.69) is 38.9 Å². The molecule has 5 rings (SSSR count). The van der Waals surface area contributed by atoms with E-state index in [0.29, 0.717) is 24.0 Å². The van der Waals surface area contributed by atoms with E-state index in [4.69, 9.17) is 4.98 Å². The number of hydrogen-bond donors (Lipinski definition) is 1. The van der Waals surface area contributed by atoms with Crippen LogP contribution in [0.4, 0.5) is 5.95 Å². The van der Waals surface area contributed by atoms with Gasteiger partial charge in [-0.3, -0.25) is 4.79 Å². The van der Waals surface area contributed by atoms with Gasteiger partial charge in [-0.15, -0.1) is 0 Å². The van der Waals surface area contributed by atoms with Crippen molar-refractivity contribution in [1.29, 1.82) is 0 Å². The molecule has 8 heteroatoms. The Morgan fingerprint density at radius 3 is 2.31 bits per heavy atom. The van der Waals surface area contributed by atoms with Gasteiger partial charge in [0, 0.05) is 25.7 Å². The molecule has 0 atom stereocenters. The highest BCUT2D eigenvalue weighted by Crippen LogP contribution is 2.25. The third-order valence-corrected chi connectivity index (χ3v) is 9.25. The molecule has 0 radical (unpaired) electrons. The van der Waals surface area contributed by atoms with Crippen LogP contribution < -0.4 is 9.62 Å². The number of carbonyl (C=O) groups excluding carboxylic acids is 1. The maximum Gasteiger partial charge on any atom is 0.268 e. The van der Waals surface area contributed by atoms with E-state index >= 15 is 0 Å². The molecule has 1 aromatic heterocycles. The largest absolute Gasteiger partial charge is 0.341 e. The van der Waals surface area contributed by atoms with Crippen LogP contribution in [-0.4, -0.2) is 37.4 Å². The lowest BCUT2D eigenvalue weighted by Gasteiger charge is -2.32. The van der Waals surface area contributed by atoms with Crippen molar-refractivity contribution < 1.29 is 13.2 Å². The number of anilines is 1. The molecule has 0 bridgehead atoms. The van der Waals surface area contributed by atoms with Crippen molar-refractivity contribution in [2.45, 2.75) is 57.3 Å². The maximum absolute atomic E-state index is 13.4. The highest BCUT2D eigenvalue weighted by molar-refractivity contribution is 7.90. The van der Waals surface area contributed by atoms with Crippen molar-refractivity contribution in [3.05, 3.63) is 119 Å². The second kappa shape index (κ2) is 12.9. The number of amides is 1. The summed E-state index contributed by atoms with van der Waals surface area (Å²) in [5, 5.41) is 0. The Balaban J connectivity index is 1.36. The molecule has 0 unspecified atom stereocenters. The SMILES string of the molecule is Cc1cccc(Cc2nc(N3CCC(Cc4ccccc4)CC3)ncc2C(=O)NS(=O)(=O)c2ccc(C(C)C)cc2)c1. The van der Waals surface area contributed by atoms with Crippen LogP contribution in [0.5, 0.6) is 0 Å². The van der Waals surface area contributed by atoms with Crippen LogP contribution in [0.25, 0.3) is 0 Å². The van der Waals surface area contributed by atoms with Crippen LogP contribution in [0.3, 0.4) is 0 Å². The first-order valence-corrected chi connectivity index (χ1v) is 16.0. The van der Waals surface area contributed by atoms with Crippen LogP contribution in [0.15, 0.2) is 90.0 Å². The highest BCUT2D eigenvalue weighted by atomic mass is 32.2. The van der Waals surface area contributed by atoms with E-state index in [1.54, 1.807) is 12.1 Å². The zero-order valence-electron chi connectivity index (χ0n) is 24.5. The number of rotatable bonds is 9. The molecule has 1 amide bonds. The van der Waals surface area contributed by atoms with Crippen molar-refractivity contribution in [1.82, 2.24) is 14.7 Å². The second-order valence-corrected chi connectivity index (χ2v) is 13.2. The molecule has 2 heterocycles. The topological polar surface area (TPSA) is 92.3 Å². The third-order valence-electron chi connectivity index (χ3n) is 7.90. The monoisotopic (exact) mass is 582 g/mol. The van der Waals surface area contributed by atoms with Crippen molar-refractivity contribution in [3.8, 4) is 0 Å². The van der Waals surface area contributed by atoms with Gasteiger partial charge in [-0.1, -0.05) is 86.1 Å². The van der Waals surface area contributed by atoms with Gasteiger partial charge in [-0.25, -0.2) is 23.1 Å². The minimum absolute atomic E-state index is 0.0383. The van der Waals surface area contributed by atoms with E-state index in [9.17, 15) is 13.2 Å². The summed E-state index contributed by atoms with van der Waals surface area (Å²) in [6.45, 7) is 7.75. The fraction of sp³-hybridized carbons (Fsp3) is 0.324. The first-order valence-electron chi connectivity index (χ1n) is 14.6. The van der Waals surface area contributed by atoms with Crippen LogP contribution in [0, 0.1) is 12.8 Å². The fourth-order valence-corrected chi connectivity index (χ4v) is 6.42. The first-order chi connectivity index (χ1) is 20.2. The van der Waals surface area contributed by atoms with Gasteiger partial charge in [0.1, 0.15) is 0 Å². The highest BCUT2D eigenvalue weighted by Gasteiger charge is 2.25. The molecule has 4 aromatic rings. The molecule has 3 aromatic carbocycles. The third kappa shape index (κ3) is 7.23. The number of piperidine rings is 1. The van der Waals surface area contributed by atoms with Gasteiger partial charge in [-0.05, 0) is 66.8 Å². The number of benzene rings is 3. The number of nitrogens with one attached hydrogen (secondary N) is 1. The number of aryl methyl sites for hydroxylation is 1. The zero-order chi connectivity index (χ0) is 29.7. The minimum Gasteiger partial charge on any atom is -0.341 e. The summed E-state index contributed by atoms with van der Waals surface area (Å²) < 4.78 is 28.5. The van der Waals surface area contributed by atoms with E-state index in [1.165, 1.54) is 23.9 Å². The van der Waals surface area contributed by atoms with E-state index in [1.807, 2.05) is 51.1 Å². The van der Waals surface area contributed by atoms with E-state index < -0.39 is 15.9 Å². The molecule has 0 spiro atoms. The Bertz CT molecular complexity index is 1630. The van der Waals surface area contributed by atoms with Crippen LogP contribution in [-0.2, 0) is 22.9 Å². The summed E-state index contributed by atoms with van der Waals surface area (Å²) in [4.78, 5) is 25.0. The summed E-state index contributed by atoms with van der Waals surface area (Å²) in [6.07, 6.45) is 4.97. The van der Waals surface area contributed by atoms with Crippen LogP contribution in [0.1, 0.15) is 70.9 Å². The average Bonchev–Trinajstić information content (AvgIpc) is 2.98. The molecule has 7 nitrogen and oxygen atoms in total. The summed E-state index contributed by atoms with van der Waals surface area (Å²) in [7, 11) is -4.07. The lowest BCUT2D eigenvalue weighted by atomic mass is 9.90. The molecule has 0 aliphatic carbocycles. The standard InChI is InChI=1S/C34H38N4O3S/c1-24(2)29-12-14-30(15-13-29)42(40,41)37-33(39)31-23-35-34(36-32(31)22-28-11-7-8-25(3)20-28)38-18-16-27(17-19-38)21-26-9-5-4-6-10-26/h4-15,20,23-24,27H,16-19,21-22H2,1-3H3,(H,37,39). The van der Waals surface area contributed by atoms with Gasteiger partial charge >= 0.3 is 0 Å². The average molecular weight is 583 g/mol. The molecule has 1 aliphatic heterocycles. The smallest absolute Gasteiger partial charge is 0.268 e. The van der Waals surface area contributed by atoms with Crippen molar-refractivity contribution in [3.63, 3.8) is 0 Å². The molecule has 1 N–H and O–H groups in total. The van der Waals surface area contributed by atoms with Crippen LogP contribution in [0.2, 0.25) is 0 Å². The molecule has 1 fully saturated rings. The summed E-state index contributed by atoms with van der Waals surface area (Å²) >= 11 is 0. The number of nitrogens with zero attached hydrogens (tertiary/aromatic N) is 3. The normalized spacial score (nSPS) is 14.2. The molecule has 1 saturated heterocycles. The molecule has 42 heavy (non-hydrogen) atoms. The molecular formula is C34H38N4O3S. The first kappa shape index (κ1) is 29.5. The van der Waals surface area contributed by atoms with E-state index in [-0.39, 0.29) is 16.4 Å². The van der Waals surface area contributed by atoms with Crippen molar-refractivity contribution in [2.24, 2.45) is 5.92 Å². The Morgan fingerprint density at radius 2 is 1.64 bits per heavy atom. The lowest BCUT2D eigenvalue weighted by molar-refractivity contribution is 0.0980. The van der Waals surface area contributed by atoms with Gasteiger partial charge in [-0.2, -0.15) is 0 Å². The van der Waals surface area contributed by atoms with Crippen LogP contribution >= 0.6 is 0 Å². The van der Waals surface area contributed by atoms with Gasteiger partial charge in [0.25, 0.3) is 15.9 Å². The number of carbonyl (C=O) groups is 1. The Labute approximate surface area is 249 Å². The summed E-state index contributed by atoms with van der Waals surface area (Å²) in [5.74, 6) is 0.698. The lowest BCUT2D eigenvalue weighted by Crippen LogP contribution is -2.36. The predicted molar refractivity (Wildman–Crippen MR) is 166 cm³/mol. The minimum atomic E-state index is -4.07. The quantitative estimate of drug-likeness (QED) is 0.257. The molecule has 1 aliphatic rings. The van der Waals surface area contributed by atoms with E-state index in [0.717, 1.165) is 49.0 Å². The van der Waals surface area contributed by atoms with Gasteiger partial charge < -0.3 is 4.90 Å². The number of hydrogen-bond acceptors (Lipinski definition) is 6. The number of sulfonamides is 1. The fourth-order valence-electron chi connectivity index (χ4n) is 5.45. The van der Waals surface area contributed by atoms with Crippen molar-refractivity contribution in [2.75, 3.05) is 18.0 Å². The van der Waals surface area contributed by atoms with Gasteiger partial charge in [0.15, 0.2) is 0 Å². The molecule has 0 saturated carbocycles. The summed E-state index contributed by atoms with van der Waals surface area (Å²) in [6, 6.07) is 25.2. The van der Waals surface area contributed by atoms with Crippen molar-refractivity contribution >= 4 is 21.9 Å². The maximum atomic E-state index is 13.4. The Morgan fingerprint density at radius 1 is 0.952 bits per heavy atom. The summed E-state index contributed by atoms with van der Waals surface area (Å²) in [5.41, 5.74) is 5.12. The molecular weight excluding hydrogens is 544 g/mol. The molecule has 218 valence electrons. The van der Waals surface area contributed by atoms with Gasteiger partial charge in [0.2, 0.25) is 5.95 Å². The van der Waals surface area contributed by atoms with Gasteiger partial charge in [0.05, 0.1) is 16.2 Å². The Kier molecular flexibility index (Phi) is 9.02. The predicted octanol–water partition coefficient (Wildman–Crippen LogP) is 6.08. The second-order valence-electron chi connectivity index (χ2n) is 11.5. The number of aromatic nitrogens is 2. The zero-order valence-corrected chi connectivity index (χ0v) is 25.3. The Hall–Kier alpha value is -4.04.